The molecule has 6 aromatic rings. The summed E-state index contributed by atoms with van der Waals surface area (Å²) in [5.74, 6) is 0. The number of fused-ring (bicyclic) bond motifs is 6. The topological polar surface area (TPSA) is 6.48 Å². The Morgan fingerprint density at radius 1 is 0.365 bits per heavy atom. The highest BCUT2D eigenvalue weighted by atomic mass is 15.2. The van der Waals surface area contributed by atoms with Crippen molar-refractivity contribution in [3.05, 3.63) is 147 Å². The fourth-order valence-electron chi connectivity index (χ4n) is 10.8. The van der Waals surface area contributed by atoms with Crippen LogP contribution in [0.2, 0.25) is 0 Å². The summed E-state index contributed by atoms with van der Waals surface area (Å²) in [5.41, 5.74) is 27.8. The maximum Gasteiger partial charge on any atom is 0.252 e. The summed E-state index contributed by atoms with van der Waals surface area (Å²) in [4.78, 5) is 5.32. The molecule has 63 heavy (non-hydrogen) atoms. The molecule has 3 heteroatoms. The van der Waals surface area contributed by atoms with Crippen molar-refractivity contribution in [2.24, 2.45) is 0 Å². The Morgan fingerprint density at radius 3 is 1.17 bits per heavy atom. The maximum atomic E-state index is 2.69. The average Bonchev–Trinajstić information content (AvgIpc) is 3.17. The monoisotopic (exact) mass is 829 g/mol. The van der Waals surface area contributed by atoms with Crippen LogP contribution in [0, 0.1) is 0 Å². The number of rotatable bonds is 3. The Balaban J connectivity index is 1.36. The molecule has 0 atom stereocenters. The zero-order chi connectivity index (χ0) is 44.9. The SMILES string of the molecule is CC(C)(C)c1ccc(N2c3ccc(C(C)(C)C)cc3B3c4cc(C(C)(C)C)ccc4N(c4cc(C(C)(C)C)cc(C(C)(C)C)c4)c4cc(-c5c6c(cc7c5CC7)CC6)cc2c43)cc1. The van der Waals surface area contributed by atoms with Gasteiger partial charge in [0.1, 0.15) is 0 Å². The molecule has 0 saturated heterocycles. The van der Waals surface area contributed by atoms with E-state index in [1.165, 1.54) is 102 Å². The molecule has 0 amide bonds. The van der Waals surface area contributed by atoms with Crippen molar-refractivity contribution in [3.63, 3.8) is 0 Å². The zero-order valence-corrected chi connectivity index (χ0v) is 41.0. The molecule has 6 aromatic carbocycles. The molecule has 0 aromatic heterocycles. The summed E-state index contributed by atoms with van der Waals surface area (Å²) in [6.07, 6.45) is 4.70. The van der Waals surface area contributed by atoms with Gasteiger partial charge in [0, 0.05) is 34.1 Å². The zero-order valence-electron chi connectivity index (χ0n) is 41.0. The normalized spacial score (nSPS) is 15.5. The van der Waals surface area contributed by atoms with Gasteiger partial charge in [0.2, 0.25) is 0 Å². The molecular weight excluding hydrogens is 759 g/mol. The number of benzene rings is 6. The van der Waals surface area contributed by atoms with E-state index in [-0.39, 0.29) is 33.8 Å². The summed E-state index contributed by atoms with van der Waals surface area (Å²) in [6, 6.07) is 39.7. The standard InChI is InChI=1S/C60H69BN2/c1-56(2,3)39-18-22-44(23-19-39)62-50-26-20-40(57(4,5)6)34-48(50)61-49-35-41(58(7,8)9)21-27-51(49)63(45-32-42(59(10,11)12)31-43(33-45)60(13,14)15)53-30-38(29-52(62)55(53)61)54-46-24-16-36(46)28-37-17-25-47(37)54/h18-23,26-35H,16-17,24-25H2,1-15H3. The third kappa shape index (κ3) is 6.82. The molecule has 2 aliphatic carbocycles. The van der Waals surface area contributed by atoms with Gasteiger partial charge in [-0.25, -0.2) is 0 Å². The van der Waals surface area contributed by atoms with Crippen LogP contribution in [0.4, 0.5) is 34.1 Å². The number of anilines is 6. The van der Waals surface area contributed by atoms with Crippen LogP contribution in [0.15, 0.2) is 97.1 Å². The predicted molar refractivity (Wildman–Crippen MR) is 274 cm³/mol. The molecule has 0 saturated carbocycles. The highest BCUT2D eigenvalue weighted by Crippen LogP contribution is 2.51. The van der Waals surface area contributed by atoms with Gasteiger partial charge < -0.3 is 9.80 Å². The van der Waals surface area contributed by atoms with Crippen LogP contribution in [0.3, 0.4) is 0 Å². The molecule has 10 rings (SSSR count). The highest BCUT2D eigenvalue weighted by Gasteiger charge is 2.45. The maximum absolute atomic E-state index is 2.69. The molecule has 0 N–H and O–H groups in total. The second-order valence-electron chi connectivity index (χ2n) is 24.7. The minimum atomic E-state index is -0.0263. The first-order valence-electron chi connectivity index (χ1n) is 23.9. The first-order chi connectivity index (χ1) is 29.4. The molecule has 0 spiro atoms. The first-order valence-corrected chi connectivity index (χ1v) is 23.9. The molecule has 0 fully saturated rings. The van der Waals surface area contributed by atoms with E-state index in [0.29, 0.717) is 0 Å². The van der Waals surface area contributed by atoms with Crippen LogP contribution in [-0.4, -0.2) is 6.71 Å². The molecule has 2 nitrogen and oxygen atoms in total. The van der Waals surface area contributed by atoms with E-state index in [1.807, 2.05) is 0 Å². The molecule has 2 aliphatic heterocycles. The van der Waals surface area contributed by atoms with Gasteiger partial charge >= 0.3 is 0 Å². The van der Waals surface area contributed by atoms with Crippen LogP contribution in [0.25, 0.3) is 11.1 Å². The van der Waals surface area contributed by atoms with Gasteiger partial charge in [-0.15, -0.1) is 0 Å². The van der Waals surface area contributed by atoms with Gasteiger partial charge in [-0.1, -0.05) is 152 Å². The minimum absolute atomic E-state index is 0.00816. The van der Waals surface area contributed by atoms with E-state index >= 15 is 0 Å². The highest BCUT2D eigenvalue weighted by molar-refractivity contribution is 7.00. The third-order valence-electron chi connectivity index (χ3n) is 15.0. The number of aryl methyl sites for hydroxylation is 2. The number of nitrogens with zero attached hydrogens (tertiary/aromatic N) is 2. The smallest absolute Gasteiger partial charge is 0.252 e. The third-order valence-corrected chi connectivity index (χ3v) is 15.0. The van der Waals surface area contributed by atoms with E-state index in [1.54, 1.807) is 22.3 Å². The fourth-order valence-corrected chi connectivity index (χ4v) is 10.8. The van der Waals surface area contributed by atoms with Gasteiger partial charge in [-0.3, -0.25) is 0 Å². The lowest BCUT2D eigenvalue weighted by Crippen LogP contribution is -2.61. The van der Waals surface area contributed by atoms with E-state index in [2.05, 4.69) is 211 Å². The van der Waals surface area contributed by atoms with Crippen molar-refractivity contribution in [1.82, 2.24) is 0 Å². The summed E-state index contributed by atoms with van der Waals surface area (Å²) in [7, 11) is 0. The van der Waals surface area contributed by atoms with Crippen LogP contribution >= 0.6 is 0 Å². The Bertz CT molecular complexity index is 2790. The largest absolute Gasteiger partial charge is 0.311 e. The summed E-state index contributed by atoms with van der Waals surface area (Å²) in [6.45, 7) is 35.4. The van der Waals surface area contributed by atoms with Crippen molar-refractivity contribution in [2.45, 2.75) is 157 Å². The average molecular weight is 829 g/mol. The minimum Gasteiger partial charge on any atom is -0.311 e. The van der Waals surface area contributed by atoms with E-state index in [4.69, 9.17) is 0 Å². The number of hydrogen-bond donors (Lipinski definition) is 0. The number of hydrogen-bond acceptors (Lipinski definition) is 2. The van der Waals surface area contributed by atoms with Crippen molar-refractivity contribution in [1.29, 1.82) is 0 Å². The van der Waals surface area contributed by atoms with E-state index in [0.717, 1.165) is 12.8 Å². The van der Waals surface area contributed by atoms with E-state index < -0.39 is 0 Å². The van der Waals surface area contributed by atoms with E-state index in [9.17, 15) is 0 Å². The Kier molecular flexibility index (Phi) is 9.16. The molecule has 0 radical (unpaired) electrons. The summed E-state index contributed by atoms with van der Waals surface area (Å²) in [5, 5.41) is 0. The van der Waals surface area contributed by atoms with Gasteiger partial charge in [0.15, 0.2) is 0 Å². The van der Waals surface area contributed by atoms with Gasteiger partial charge in [0.05, 0.1) is 0 Å². The van der Waals surface area contributed by atoms with Crippen molar-refractivity contribution < 1.29 is 0 Å². The quantitative estimate of drug-likeness (QED) is 0.164. The molecule has 2 heterocycles. The van der Waals surface area contributed by atoms with Crippen molar-refractivity contribution >= 4 is 57.2 Å². The predicted octanol–water partition coefficient (Wildman–Crippen LogP) is 14.1. The van der Waals surface area contributed by atoms with Gasteiger partial charge in [0.25, 0.3) is 6.71 Å². The molecule has 0 bridgehead atoms. The van der Waals surface area contributed by atoms with Gasteiger partial charge in [-0.05, 0) is 179 Å². The Labute approximate surface area is 380 Å². The molecular formula is C60H69BN2. The lowest BCUT2D eigenvalue weighted by molar-refractivity contribution is 0.568. The van der Waals surface area contributed by atoms with Crippen LogP contribution in [-0.2, 0) is 52.8 Å². The second-order valence-corrected chi connectivity index (χ2v) is 24.7. The van der Waals surface area contributed by atoms with Crippen LogP contribution < -0.4 is 26.2 Å². The molecule has 0 unspecified atom stereocenters. The molecule has 322 valence electrons. The fraction of sp³-hybridized carbons (Fsp3) is 0.400. The summed E-state index contributed by atoms with van der Waals surface area (Å²) >= 11 is 0. The Hall–Kier alpha value is -5.02. The van der Waals surface area contributed by atoms with Gasteiger partial charge in [-0.2, -0.15) is 0 Å². The lowest BCUT2D eigenvalue weighted by Gasteiger charge is -2.46. The molecule has 4 aliphatic rings. The van der Waals surface area contributed by atoms with Crippen molar-refractivity contribution in [2.75, 3.05) is 9.80 Å². The summed E-state index contributed by atoms with van der Waals surface area (Å²) < 4.78 is 0. The Morgan fingerprint density at radius 2 is 0.778 bits per heavy atom. The lowest BCUT2D eigenvalue weighted by atomic mass is 9.33. The van der Waals surface area contributed by atoms with Crippen molar-refractivity contribution in [3.8, 4) is 11.1 Å². The van der Waals surface area contributed by atoms with Crippen LogP contribution in [0.5, 0.6) is 0 Å². The van der Waals surface area contributed by atoms with Crippen LogP contribution in [0.1, 0.15) is 154 Å². The first kappa shape index (κ1) is 42.0. The second kappa shape index (κ2) is 13.7.